The van der Waals surface area contributed by atoms with Crippen molar-refractivity contribution < 1.29 is 23.4 Å². The summed E-state index contributed by atoms with van der Waals surface area (Å²) in [6.45, 7) is 1.65. The highest BCUT2D eigenvalue weighted by Crippen LogP contribution is 2.42. The Hall–Kier alpha value is -3.03. The van der Waals surface area contributed by atoms with Gasteiger partial charge in [0.15, 0.2) is 5.76 Å². The van der Waals surface area contributed by atoms with E-state index < -0.39 is 0 Å². The molecule has 3 heterocycles. The SMILES string of the molecule is COc1ccc(Br)cc1/C=C1\Oc2c(ccc3c2CN(Cc2ccco2)CO3)C1=O. The number of carbonyl (C=O) groups excluding carboxylic acids is 1. The number of methoxy groups -OCH3 is 1. The van der Waals surface area contributed by atoms with E-state index in [0.29, 0.717) is 36.9 Å². The molecular weight excluding hydrogens is 450 g/mol. The zero-order valence-corrected chi connectivity index (χ0v) is 17.8. The Morgan fingerprint density at radius 3 is 2.93 bits per heavy atom. The number of Topliss-reactive ketones (excluding diaryl/α,β-unsaturated/α-hetero) is 1. The van der Waals surface area contributed by atoms with E-state index in [1.165, 1.54) is 0 Å². The van der Waals surface area contributed by atoms with Crippen LogP contribution in [0, 0.1) is 0 Å². The maximum Gasteiger partial charge on any atom is 0.231 e. The van der Waals surface area contributed by atoms with Gasteiger partial charge in [0.25, 0.3) is 0 Å². The molecule has 152 valence electrons. The zero-order chi connectivity index (χ0) is 20.7. The van der Waals surface area contributed by atoms with Crippen molar-refractivity contribution in [1.82, 2.24) is 4.90 Å². The number of ketones is 1. The molecule has 5 rings (SSSR count). The third-order valence-corrected chi connectivity index (χ3v) is 5.61. The summed E-state index contributed by atoms with van der Waals surface area (Å²) in [5, 5.41) is 0. The van der Waals surface area contributed by atoms with Gasteiger partial charge in [0.1, 0.15) is 29.7 Å². The normalized spacial score (nSPS) is 16.7. The number of fused-ring (bicyclic) bond motifs is 3. The lowest BCUT2D eigenvalue weighted by Gasteiger charge is -2.29. The van der Waals surface area contributed by atoms with Gasteiger partial charge < -0.3 is 18.6 Å². The first-order valence-electron chi connectivity index (χ1n) is 9.43. The number of hydrogen-bond donors (Lipinski definition) is 0. The summed E-state index contributed by atoms with van der Waals surface area (Å²) >= 11 is 3.46. The Kier molecular flexibility index (Phi) is 4.84. The Morgan fingerprint density at radius 2 is 2.13 bits per heavy atom. The second-order valence-electron chi connectivity index (χ2n) is 7.08. The van der Waals surface area contributed by atoms with Crippen LogP contribution in [-0.4, -0.2) is 24.5 Å². The minimum atomic E-state index is -0.155. The number of furan rings is 1. The lowest BCUT2D eigenvalue weighted by atomic mass is 10.0. The van der Waals surface area contributed by atoms with Gasteiger partial charge in [-0.05, 0) is 48.5 Å². The molecule has 1 aromatic heterocycles. The second kappa shape index (κ2) is 7.66. The topological polar surface area (TPSA) is 61.1 Å². The number of rotatable bonds is 4. The van der Waals surface area contributed by atoms with Crippen molar-refractivity contribution in [2.45, 2.75) is 13.1 Å². The highest BCUT2D eigenvalue weighted by Gasteiger charge is 2.34. The fraction of sp³-hybridized carbons (Fsp3) is 0.174. The van der Waals surface area contributed by atoms with Crippen LogP contribution in [0.3, 0.4) is 0 Å². The van der Waals surface area contributed by atoms with Gasteiger partial charge in [-0.2, -0.15) is 0 Å². The lowest BCUT2D eigenvalue weighted by molar-refractivity contribution is 0.0810. The molecular formula is C23H18BrNO5. The van der Waals surface area contributed by atoms with Crippen LogP contribution >= 0.6 is 15.9 Å². The van der Waals surface area contributed by atoms with E-state index in [0.717, 1.165) is 27.1 Å². The van der Waals surface area contributed by atoms with Gasteiger partial charge in [-0.3, -0.25) is 9.69 Å². The summed E-state index contributed by atoms with van der Waals surface area (Å²) in [7, 11) is 1.60. The molecule has 30 heavy (non-hydrogen) atoms. The summed E-state index contributed by atoms with van der Waals surface area (Å²) in [5.41, 5.74) is 2.16. The van der Waals surface area contributed by atoms with Crippen LogP contribution in [0.25, 0.3) is 6.08 Å². The standard InChI is InChI=1S/C23H18BrNO5/c1-27-19-6-4-15(24)9-14(19)10-21-22(26)17-5-7-20-18(23(17)30-21)12-25(13-29-20)11-16-3-2-8-28-16/h2-10H,11-13H2,1H3/b21-10-. The summed E-state index contributed by atoms with van der Waals surface area (Å²) in [5.74, 6) is 2.92. The molecule has 0 aliphatic carbocycles. The quantitative estimate of drug-likeness (QED) is 0.502. The first-order chi connectivity index (χ1) is 14.6. The average Bonchev–Trinajstić information content (AvgIpc) is 3.37. The molecule has 0 radical (unpaired) electrons. The molecule has 2 aromatic carbocycles. The summed E-state index contributed by atoms with van der Waals surface area (Å²) in [6.07, 6.45) is 3.36. The lowest BCUT2D eigenvalue weighted by Crippen LogP contribution is -2.31. The Balaban J connectivity index is 1.47. The fourth-order valence-corrected chi connectivity index (χ4v) is 4.07. The van der Waals surface area contributed by atoms with Crippen LogP contribution < -0.4 is 14.2 Å². The van der Waals surface area contributed by atoms with Crippen molar-refractivity contribution in [3.05, 3.63) is 81.4 Å². The van der Waals surface area contributed by atoms with Gasteiger partial charge in [0, 0.05) is 16.6 Å². The number of ether oxygens (including phenoxy) is 3. The summed E-state index contributed by atoms with van der Waals surface area (Å²) < 4.78 is 23.7. The third-order valence-electron chi connectivity index (χ3n) is 5.12. The molecule has 0 saturated heterocycles. The molecule has 0 unspecified atom stereocenters. The van der Waals surface area contributed by atoms with Gasteiger partial charge in [-0.25, -0.2) is 0 Å². The van der Waals surface area contributed by atoms with Crippen molar-refractivity contribution in [3.63, 3.8) is 0 Å². The first kappa shape index (κ1) is 19.0. The molecule has 3 aromatic rings. The van der Waals surface area contributed by atoms with Crippen molar-refractivity contribution >= 4 is 27.8 Å². The molecule has 0 atom stereocenters. The predicted octanol–water partition coefficient (Wildman–Crippen LogP) is 5.02. The van der Waals surface area contributed by atoms with Crippen molar-refractivity contribution in [3.8, 4) is 17.2 Å². The van der Waals surface area contributed by atoms with E-state index in [1.54, 1.807) is 25.5 Å². The van der Waals surface area contributed by atoms with Crippen LogP contribution in [0.15, 0.2) is 63.4 Å². The van der Waals surface area contributed by atoms with Gasteiger partial charge in [-0.15, -0.1) is 0 Å². The molecule has 7 heteroatoms. The minimum Gasteiger partial charge on any atom is -0.496 e. The van der Waals surface area contributed by atoms with Crippen LogP contribution in [-0.2, 0) is 13.1 Å². The van der Waals surface area contributed by atoms with Crippen molar-refractivity contribution in [2.75, 3.05) is 13.8 Å². The summed E-state index contributed by atoms with van der Waals surface area (Å²) in [6, 6.07) is 13.0. The van der Waals surface area contributed by atoms with E-state index in [2.05, 4.69) is 20.8 Å². The maximum atomic E-state index is 13.0. The smallest absolute Gasteiger partial charge is 0.231 e. The largest absolute Gasteiger partial charge is 0.496 e. The Labute approximate surface area is 181 Å². The average molecular weight is 468 g/mol. The molecule has 0 saturated carbocycles. The monoisotopic (exact) mass is 467 g/mol. The van der Waals surface area contributed by atoms with Gasteiger partial charge in [0.05, 0.1) is 31.0 Å². The van der Waals surface area contributed by atoms with Gasteiger partial charge in [0.2, 0.25) is 5.78 Å². The second-order valence-corrected chi connectivity index (χ2v) is 8.00. The highest BCUT2D eigenvalue weighted by atomic mass is 79.9. The number of allylic oxidation sites excluding steroid dienone is 1. The van der Waals surface area contributed by atoms with Crippen molar-refractivity contribution in [1.29, 1.82) is 0 Å². The van der Waals surface area contributed by atoms with Gasteiger partial charge in [-0.1, -0.05) is 15.9 Å². The molecule has 6 nitrogen and oxygen atoms in total. The zero-order valence-electron chi connectivity index (χ0n) is 16.2. The van der Waals surface area contributed by atoms with Gasteiger partial charge >= 0.3 is 0 Å². The molecule has 0 fully saturated rings. The fourth-order valence-electron chi connectivity index (χ4n) is 3.69. The van der Waals surface area contributed by atoms with E-state index in [-0.39, 0.29) is 11.5 Å². The van der Waals surface area contributed by atoms with E-state index in [9.17, 15) is 4.79 Å². The number of hydrogen-bond acceptors (Lipinski definition) is 6. The maximum absolute atomic E-state index is 13.0. The van der Waals surface area contributed by atoms with Crippen LogP contribution in [0.4, 0.5) is 0 Å². The number of benzene rings is 2. The van der Waals surface area contributed by atoms with Crippen molar-refractivity contribution in [2.24, 2.45) is 0 Å². The first-order valence-corrected chi connectivity index (χ1v) is 10.2. The number of nitrogens with zero attached hydrogens (tertiary/aromatic N) is 1. The predicted molar refractivity (Wildman–Crippen MR) is 114 cm³/mol. The molecule has 2 aliphatic heterocycles. The number of halogens is 1. The van der Waals surface area contributed by atoms with Crippen LogP contribution in [0.2, 0.25) is 0 Å². The Bertz CT molecular complexity index is 1150. The Morgan fingerprint density at radius 1 is 1.23 bits per heavy atom. The molecule has 0 spiro atoms. The summed E-state index contributed by atoms with van der Waals surface area (Å²) in [4.78, 5) is 15.1. The van der Waals surface area contributed by atoms with E-state index in [4.69, 9.17) is 18.6 Å². The van der Waals surface area contributed by atoms with Crippen LogP contribution in [0.5, 0.6) is 17.2 Å². The van der Waals surface area contributed by atoms with E-state index >= 15 is 0 Å². The van der Waals surface area contributed by atoms with Crippen LogP contribution in [0.1, 0.15) is 27.2 Å². The molecule has 0 amide bonds. The molecule has 0 bridgehead atoms. The van der Waals surface area contributed by atoms with E-state index in [1.807, 2.05) is 36.4 Å². The minimum absolute atomic E-state index is 0.155. The highest BCUT2D eigenvalue weighted by molar-refractivity contribution is 9.10. The molecule has 0 N–H and O–H groups in total. The third kappa shape index (κ3) is 3.40. The molecule has 2 aliphatic rings. The number of carbonyl (C=O) groups is 1.